The van der Waals surface area contributed by atoms with Crippen LogP contribution in [0, 0.1) is 11.3 Å². The molecule has 0 radical (unpaired) electrons. The number of carbonyl (C=O) groups excluding carboxylic acids is 1. The lowest BCUT2D eigenvalue weighted by Gasteiger charge is -2.31. The summed E-state index contributed by atoms with van der Waals surface area (Å²) in [6.07, 6.45) is -5.00. The lowest BCUT2D eigenvalue weighted by Crippen LogP contribution is -2.55. The Hall–Kier alpha value is -1.31. The molecule has 0 bridgehead atoms. The molecule has 1 fully saturated rings. The number of aliphatic carboxylic acids is 1. The van der Waals surface area contributed by atoms with E-state index in [9.17, 15) is 22.8 Å². The van der Waals surface area contributed by atoms with Gasteiger partial charge in [-0.3, -0.25) is 9.59 Å². The third-order valence-electron chi connectivity index (χ3n) is 3.63. The van der Waals surface area contributed by atoms with Crippen LogP contribution < -0.4 is 10.6 Å². The number of carboxylic acid groups (broad SMARTS) is 1. The maximum absolute atomic E-state index is 13.1. The van der Waals surface area contributed by atoms with Gasteiger partial charge < -0.3 is 15.7 Å². The third kappa shape index (κ3) is 2.99. The van der Waals surface area contributed by atoms with Gasteiger partial charge in [0.1, 0.15) is 0 Å². The molecule has 8 heteroatoms. The number of rotatable bonds is 4. The SMILES string of the molecule is CC(NC(=O)C1(C(F)(F)F)CCNC1)C(C)C(=O)O. The molecule has 0 saturated carbocycles. The lowest BCUT2D eigenvalue weighted by atomic mass is 9.84. The first-order valence-electron chi connectivity index (χ1n) is 5.93. The molecule has 5 nitrogen and oxygen atoms in total. The smallest absolute Gasteiger partial charge is 0.404 e. The second-order valence-electron chi connectivity index (χ2n) is 4.90. The van der Waals surface area contributed by atoms with Crippen molar-refractivity contribution in [3.8, 4) is 0 Å². The third-order valence-corrected chi connectivity index (χ3v) is 3.63. The normalized spacial score (nSPS) is 26.8. The molecule has 0 aromatic carbocycles. The van der Waals surface area contributed by atoms with E-state index >= 15 is 0 Å². The van der Waals surface area contributed by atoms with Crippen LogP contribution in [-0.2, 0) is 9.59 Å². The zero-order chi connectivity index (χ0) is 14.8. The van der Waals surface area contributed by atoms with Crippen molar-refractivity contribution in [1.82, 2.24) is 10.6 Å². The molecule has 0 aromatic rings. The number of halogens is 3. The number of nitrogens with one attached hydrogen (secondary N) is 2. The molecule has 110 valence electrons. The minimum Gasteiger partial charge on any atom is -0.481 e. The number of carbonyl (C=O) groups is 2. The first-order chi connectivity index (χ1) is 8.62. The second kappa shape index (κ2) is 5.36. The van der Waals surface area contributed by atoms with Crippen LogP contribution in [0.1, 0.15) is 20.3 Å². The average Bonchev–Trinajstić information content (AvgIpc) is 2.77. The summed E-state index contributed by atoms with van der Waals surface area (Å²) in [5.74, 6) is -3.28. The van der Waals surface area contributed by atoms with Gasteiger partial charge in [-0.2, -0.15) is 13.2 Å². The predicted octanol–water partition coefficient (Wildman–Crippen LogP) is 0.754. The van der Waals surface area contributed by atoms with Crippen LogP contribution in [0.4, 0.5) is 13.2 Å². The highest BCUT2D eigenvalue weighted by Gasteiger charge is 2.61. The van der Waals surface area contributed by atoms with Gasteiger partial charge in [0.2, 0.25) is 5.91 Å². The second-order valence-corrected chi connectivity index (χ2v) is 4.90. The summed E-state index contributed by atoms with van der Waals surface area (Å²) < 4.78 is 39.2. The maximum atomic E-state index is 13.1. The van der Waals surface area contributed by atoms with Crippen molar-refractivity contribution in [3.63, 3.8) is 0 Å². The summed E-state index contributed by atoms with van der Waals surface area (Å²) in [7, 11) is 0. The highest BCUT2D eigenvalue weighted by molar-refractivity contribution is 5.85. The van der Waals surface area contributed by atoms with E-state index in [0.29, 0.717) is 0 Å². The van der Waals surface area contributed by atoms with Gasteiger partial charge in [0.05, 0.1) is 5.92 Å². The fraction of sp³-hybridized carbons (Fsp3) is 0.818. The van der Waals surface area contributed by atoms with Crippen molar-refractivity contribution in [2.24, 2.45) is 11.3 Å². The monoisotopic (exact) mass is 282 g/mol. The van der Waals surface area contributed by atoms with Gasteiger partial charge in [-0.15, -0.1) is 0 Å². The Kier molecular flexibility index (Phi) is 4.44. The average molecular weight is 282 g/mol. The molecule has 1 heterocycles. The Labute approximate surface area is 108 Å². The summed E-state index contributed by atoms with van der Waals surface area (Å²) in [4.78, 5) is 22.6. The first-order valence-corrected chi connectivity index (χ1v) is 5.93. The van der Waals surface area contributed by atoms with Gasteiger partial charge in [0.25, 0.3) is 0 Å². The maximum Gasteiger partial charge on any atom is 0.404 e. The van der Waals surface area contributed by atoms with Gasteiger partial charge in [0.15, 0.2) is 5.41 Å². The molecule has 0 spiro atoms. The zero-order valence-corrected chi connectivity index (χ0v) is 10.7. The van der Waals surface area contributed by atoms with E-state index in [1.165, 1.54) is 13.8 Å². The summed E-state index contributed by atoms with van der Waals surface area (Å²) in [6.45, 7) is 2.34. The van der Waals surface area contributed by atoms with E-state index < -0.39 is 42.0 Å². The molecule has 19 heavy (non-hydrogen) atoms. The highest BCUT2D eigenvalue weighted by Crippen LogP contribution is 2.43. The molecule has 3 unspecified atom stereocenters. The van der Waals surface area contributed by atoms with E-state index in [1.54, 1.807) is 0 Å². The standard InChI is InChI=1S/C11H17F3N2O3/c1-6(8(17)18)7(2)16-9(19)10(11(12,13)14)3-4-15-5-10/h6-7,15H,3-5H2,1-2H3,(H,16,19)(H,17,18). The topological polar surface area (TPSA) is 78.4 Å². The molecule has 1 saturated heterocycles. The molecule has 0 aliphatic carbocycles. The summed E-state index contributed by atoms with van der Waals surface area (Å²) in [6, 6.07) is -0.871. The predicted molar refractivity (Wildman–Crippen MR) is 60.4 cm³/mol. The first kappa shape index (κ1) is 15.7. The molecule has 3 atom stereocenters. The van der Waals surface area contributed by atoms with E-state index in [2.05, 4.69) is 10.6 Å². The summed E-state index contributed by atoms with van der Waals surface area (Å²) in [5, 5.41) is 13.5. The molecular formula is C11H17F3N2O3. The van der Waals surface area contributed by atoms with Crippen LogP contribution in [-0.4, -0.2) is 42.3 Å². The molecule has 1 aliphatic rings. The number of alkyl halides is 3. The molecule has 1 aliphatic heterocycles. The van der Waals surface area contributed by atoms with Crippen LogP contribution in [0.2, 0.25) is 0 Å². The molecule has 0 aromatic heterocycles. The number of carboxylic acids is 1. The lowest BCUT2D eigenvalue weighted by molar-refractivity contribution is -0.216. The van der Waals surface area contributed by atoms with E-state index in [0.717, 1.165) is 0 Å². The molecule has 1 rings (SSSR count). The van der Waals surface area contributed by atoms with E-state index in [1.807, 2.05) is 0 Å². The van der Waals surface area contributed by atoms with Gasteiger partial charge in [-0.25, -0.2) is 0 Å². The Morgan fingerprint density at radius 1 is 1.37 bits per heavy atom. The van der Waals surface area contributed by atoms with Crippen molar-refractivity contribution >= 4 is 11.9 Å². The minimum absolute atomic E-state index is 0.107. The van der Waals surface area contributed by atoms with Crippen LogP contribution in [0.5, 0.6) is 0 Å². The van der Waals surface area contributed by atoms with Crippen molar-refractivity contribution in [2.45, 2.75) is 32.5 Å². The van der Waals surface area contributed by atoms with Crippen molar-refractivity contribution < 1.29 is 27.9 Å². The number of amides is 1. The fourth-order valence-corrected chi connectivity index (χ4v) is 1.94. The Morgan fingerprint density at radius 2 is 1.95 bits per heavy atom. The van der Waals surface area contributed by atoms with Gasteiger partial charge in [0, 0.05) is 12.6 Å². The fourth-order valence-electron chi connectivity index (χ4n) is 1.94. The van der Waals surface area contributed by atoms with Crippen molar-refractivity contribution in [2.75, 3.05) is 13.1 Å². The van der Waals surface area contributed by atoms with Crippen LogP contribution in [0.3, 0.4) is 0 Å². The Balaban J connectivity index is 2.83. The minimum atomic E-state index is -4.66. The molecule has 3 N–H and O–H groups in total. The number of hydrogen-bond acceptors (Lipinski definition) is 3. The molecule has 1 amide bonds. The summed E-state index contributed by atoms with van der Waals surface area (Å²) >= 11 is 0. The van der Waals surface area contributed by atoms with Gasteiger partial charge >= 0.3 is 12.1 Å². The van der Waals surface area contributed by atoms with Crippen molar-refractivity contribution in [3.05, 3.63) is 0 Å². The van der Waals surface area contributed by atoms with Crippen LogP contribution in [0.25, 0.3) is 0 Å². The highest BCUT2D eigenvalue weighted by atomic mass is 19.4. The van der Waals surface area contributed by atoms with Crippen LogP contribution in [0.15, 0.2) is 0 Å². The van der Waals surface area contributed by atoms with Gasteiger partial charge in [-0.1, -0.05) is 0 Å². The number of hydrogen-bond donors (Lipinski definition) is 3. The molecular weight excluding hydrogens is 265 g/mol. The van der Waals surface area contributed by atoms with E-state index in [-0.39, 0.29) is 13.0 Å². The Morgan fingerprint density at radius 3 is 2.32 bits per heavy atom. The van der Waals surface area contributed by atoms with Crippen molar-refractivity contribution in [1.29, 1.82) is 0 Å². The zero-order valence-electron chi connectivity index (χ0n) is 10.7. The summed E-state index contributed by atoms with van der Waals surface area (Å²) in [5.41, 5.74) is -2.46. The quantitative estimate of drug-likeness (QED) is 0.711. The Bertz CT molecular complexity index is 365. The van der Waals surface area contributed by atoms with Crippen LogP contribution >= 0.6 is 0 Å². The van der Waals surface area contributed by atoms with E-state index in [4.69, 9.17) is 5.11 Å². The largest absolute Gasteiger partial charge is 0.481 e. The van der Waals surface area contributed by atoms with Gasteiger partial charge in [-0.05, 0) is 26.8 Å².